The van der Waals surface area contributed by atoms with Crippen molar-refractivity contribution in [3.05, 3.63) is 152 Å². The molecule has 0 fully saturated rings. The Morgan fingerprint density at radius 2 is 1.00 bits per heavy atom. The fraction of sp³-hybridized carbons (Fsp3) is 0. The maximum atomic E-state index is 5.31. The third kappa shape index (κ3) is 3.17. The lowest BCUT2D eigenvalue weighted by Crippen LogP contribution is -1.98. The first-order chi connectivity index (χ1) is 23.4. The van der Waals surface area contributed by atoms with Gasteiger partial charge in [0.05, 0.1) is 38.5 Å². The second-order valence-electron chi connectivity index (χ2n) is 12.2. The van der Waals surface area contributed by atoms with E-state index in [4.69, 9.17) is 9.97 Å². The smallest absolute Gasteiger partial charge is 0.149 e. The molecule has 0 bridgehead atoms. The van der Waals surface area contributed by atoms with E-state index in [1.165, 1.54) is 38.1 Å². The van der Waals surface area contributed by atoms with Crippen molar-refractivity contribution in [3.63, 3.8) is 0 Å². The van der Waals surface area contributed by atoms with Crippen LogP contribution in [0.4, 0.5) is 0 Å². The van der Waals surface area contributed by atoms with Crippen LogP contribution in [-0.2, 0) is 0 Å². The molecule has 0 amide bonds. The summed E-state index contributed by atoms with van der Waals surface area (Å²) in [4.78, 5) is 10.2. The van der Waals surface area contributed by atoms with E-state index in [2.05, 4.69) is 153 Å². The summed E-state index contributed by atoms with van der Waals surface area (Å²) >= 11 is 0. The molecule has 0 aliphatic carbocycles. The van der Waals surface area contributed by atoms with E-state index in [9.17, 15) is 0 Å². The Labute approximate surface area is 268 Å². The number of benzene rings is 6. The fourth-order valence-corrected chi connectivity index (χ4v) is 8.00. The van der Waals surface area contributed by atoms with Gasteiger partial charge in [0.2, 0.25) is 0 Å². The number of para-hydroxylation sites is 5. The number of hydrogen-bond donors (Lipinski definition) is 0. The second-order valence-corrected chi connectivity index (χ2v) is 12.2. The van der Waals surface area contributed by atoms with Gasteiger partial charge in [-0.15, -0.1) is 0 Å². The van der Waals surface area contributed by atoms with Gasteiger partial charge < -0.3 is 9.13 Å². The minimum Gasteiger partial charge on any atom is -0.309 e. The van der Waals surface area contributed by atoms with Gasteiger partial charge in [-0.05, 0) is 72.1 Å². The fourth-order valence-electron chi connectivity index (χ4n) is 8.00. The van der Waals surface area contributed by atoms with Gasteiger partial charge in [0.1, 0.15) is 11.3 Å². The van der Waals surface area contributed by atoms with Crippen LogP contribution in [0.15, 0.2) is 152 Å². The van der Waals surface area contributed by atoms with Crippen LogP contribution in [0.2, 0.25) is 0 Å². The molecule has 5 nitrogen and oxygen atoms in total. The van der Waals surface area contributed by atoms with E-state index < -0.39 is 0 Å². The Morgan fingerprint density at radius 3 is 1.81 bits per heavy atom. The minimum absolute atomic E-state index is 0.916. The number of nitrogens with zero attached hydrogens (tertiary/aromatic N) is 5. The highest BCUT2D eigenvalue weighted by Gasteiger charge is 2.24. The highest BCUT2D eigenvalue weighted by Crippen LogP contribution is 2.45. The molecule has 11 aromatic rings. The van der Waals surface area contributed by atoms with Crippen molar-refractivity contribution in [1.82, 2.24) is 23.5 Å². The van der Waals surface area contributed by atoms with Crippen molar-refractivity contribution in [2.45, 2.75) is 0 Å². The molecule has 5 heteroatoms. The summed E-state index contributed by atoms with van der Waals surface area (Å²) < 4.78 is 7.09. The van der Waals surface area contributed by atoms with Crippen LogP contribution in [0.1, 0.15) is 0 Å². The molecule has 218 valence electrons. The van der Waals surface area contributed by atoms with Gasteiger partial charge >= 0.3 is 0 Å². The van der Waals surface area contributed by atoms with Crippen molar-refractivity contribution >= 4 is 82.1 Å². The summed E-state index contributed by atoms with van der Waals surface area (Å²) in [6, 6.07) is 52.0. The van der Waals surface area contributed by atoms with Crippen LogP contribution in [-0.4, -0.2) is 23.5 Å². The molecular formula is C42H25N5. The average molecular weight is 600 g/mol. The molecule has 0 radical (unpaired) electrons. The first-order valence-electron chi connectivity index (χ1n) is 15.9. The van der Waals surface area contributed by atoms with Gasteiger partial charge in [0, 0.05) is 44.5 Å². The van der Waals surface area contributed by atoms with Gasteiger partial charge in [-0.25, -0.2) is 9.97 Å². The molecule has 0 saturated carbocycles. The molecule has 11 rings (SSSR count). The molecule has 0 spiro atoms. The zero-order valence-corrected chi connectivity index (χ0v) is 25.2. The number of pyridine rings is 2. The molecule has 0 saturated heterocycles. The first-order valence-corrected chi connectivity index (χ1v) is 15.9. The van der Waals surface area contributed by atoms with Crippen molar-refractivity contribution in [2.75, 3.05) is 0 Å². The predicted octanol–water partition coefficient (Wildman–Crippen LogP) is 10.4. The lowest BCUT2D eigenvalue weighted by atomic mass is 10.0. The molecule has 0 atom stereocenters. The van der Waals surface area contributed by atoms with Crippen LogP contribution in [0.25, 0.3) is 93.5 Å². The number of aromatic nitrogens is 5. The summed E-state index contributed by atoms with van der Waals surface area (Å²) in [6.07, 6.45) is 1.88. The summed E-state index contributed by atoms with van der Waals surface area (Å²) in [5.41, 5.74) is 10.8. The number of imidazole rings is 1. The maximum absolute atomic E-state index is 5.31. The van der Waals surface area contributed by atoms with E-state index in [0.717, 1.165) is 55.4 Å². The molecule has 0 N–H and O–H groups in total. The third-order valence-electron chi connectivity index (χ3n) is 9.83. The minimum atomic E-state index is 0.916. The molecule has 5 heterocycles. The zero-order chi connectivity index (χ0) is 30.6. The molecule has 6 aromatic carbocycles. The number of fused-ring (bicyclic) bond motifs is 16. The van der Waals surface area contributed by atoms with Crippen LogP contribution in [0.5, 0.6) is 0 Å². The molecular weight excluding hydrogens is 574 g/mol. The summed E-state index contributed by atoms with van der Waals surface area (Å²) in [5.74, 6) is 0. The highest BCUT2D eigenvalue weighted by molar-refractivity contribution is 6.34. The van der Waals surface area contributed by atoms with Crippen molar-refractivity contribution in [3.8, 4) is 11.4 Å². The highest BCUT2D eigenvalue weighted by atomic mass is 15.1. The Morgan fingerprint density at radius 1 is 0.383 bits per heavy atom. The summed E-state index contributed by atoms with van der Waals surface area (Å²) in [6.45, 7) is 0. The standard InChI is InChI=1S/C42H25N5/c1-3-12-26(13-4-1)45-33-19-9-7-16-30(33)37-35(45)23-24-36-38(37)31-22-21-28-29-17-11-25-43-41(29)47-34-20-10-8-18-32(34)44-42(47)39(28)40(31)46(36)27-14-5-2-6-15-27/h1-25H. The average Bonchev–Trinajstić information content (AvgIpc) is 3.80. The Bertz CT molecular complexity index is 3060. The zero-order valence-electron chi connectivity index (χ0n) is 25.2. The molecule has 0 unspecified atom stereocenters. The number of hydrogen-bond acceptors (Lipinski definition) is 2. The Kier molecular flexibility index (Phi) is 4.78. The SMILES string of the molecule is c1ccc(-n2c3ccccc3c3c4c5ccc6c7cccnc7n7c8ccccc8nc7c6c5n(-c5ccccc5)c4ccc32)cc1. The van der Waals surface area contributed by atoms with Crippen LogP contribution in [0.3, 0.4) is 0 Å². The van der Waals surface area contributed by atoms with E-state index >= 15 is 0 Å². The van der Waals surface area contributed by atoms with E-state index in [-0.39, 0.29) is 0 Å². The quantitative estimate of drug-likeness (QED) is 0.186. The molecule has 47 heavy (non-hydrogen) atoms. The predicted molar refractivity (Wildman–Crippen MR) is 194 cm³/mol. The third-order valence-corrected chi connectivity index (χ3v) is 9.83. The van der Waals surface area contributed by atoms with Gasteiger partial charge in [0.25, 0.3) is 0 Å². The lowest BCUT2D eigenvalue weighted by Gasteiger charge is -2.12. The first kappa shape index (κ1) is 24.8. The van der Waals surface area contributed by atoms with Crippen LogP contribution >= 0.6 is 0 Å². The van der Waals surface area contributed by atoms with E-state index in [1.807, 2.05) is 12.3 Å². The maximum Gasteiger partial charge on any atom is 0.149 e. The van der Waals surface area contributed by atoms with Gasteiger partial charge in [-0.2, -0.15) is 0 Å². The van der Waals surface area contributed by atoms with Crippen LogP contribution in [0, 0.1) is 0 Å². The largest absolute Gasteiger partial charge is 0.309 e. The van der Waals surface area contributed by atoms with Crippen molar-refractivity contribution in [2.24, 2.45) is 0 Å². The molecule has 0 aliphatic heterocycles. The summed E-state index contributed by atoms with van der Waals surface area (Å²) in [5, 5.41) is 8.32. The van der Waals surface area contributed by atoms with Crippen LogP contribution < -0.4 is 0 Å². The topological polar surface area (TPSA) is 40.1 Å². The van der Waals surface area contributed by atoms with Crippen molar-refractivity contribution < 1.29 is 0 Å². The molecule has 0 aliphatic rings. The molecule has 5 aromatic heterocycles. The van der Waals surface area contributed by atoms with E-state index in [1.54, 1.807) is 0 Å². The second kappa shape index (κ2) is 9.05. The Balaban J connectivity index is 1.45. The lowest BCUT2D eigenvalue weighted by molar-refractivity contribution is 1.17. The normalized spacial score (nSPS) is 12.3. The number of rotatable bonds is 2. The summed E-state index contributed by atoms with van der Waals surface area (Å²) in [7, 11) is 0. The van der Waals surface area contributed by atoms with Gasteiger partial charge in [-0.3, -0.25) is 4.40 Å². The monoisotopic (exact) mass is 599 g/mol. The van der Waals surface area contributed by atoms with Crippen molar-refractivity contribution in [1.29, 1.82) is 0 Å². The van der Waals surface area contributed by atoms with E-state index in [0.29, 0.717) is 0 Å². The van der Waals surface area contributed by atoms with Gasteiger partial charge in [0.15, 0.2) is 0 Å². The Hall–Kier alpha value is -6.46. The van der Waals surface area contributed by atoms with Gasteiger partial charge in [-0.1, -0.05) is 78.9 Å².